The van der Waals surface area contributed by atoms with Gasteiger partial charge in [-0.1, -0.05) is 5.18 Å². The predicted octanol–water partition coefficient (Wildman–Crippen LogP) is 4.08. The molecule has 4 aromatic rings. The second-order valence-electron chi connectivity index (χ2n) is 8.82. The summed E-state index contributed by atoms with van der Waals surface area (Å²) in [6.07, 6.45) is 8.83. The Morgan fingerprint density at radius 2 is 2.11 bits per heavy atom. The molecule has 11 heteroatoms. The van der Waals surface area contributed by atoms with Crippen molar-refractivity contribution in [1.29, 1.82) is 0 Å². The van der Waals surface area contributed by atoms with Gasteiger partial charge < -0.3 is 29.4 Å². The van der Waals surface area contributed by atoms with Crippen molar-refractivity contribution in [2.75, 3.05) is 48.9 Å². The maximum atomic E-state index is 10.9. The molecule has 0 unspecified atom stereocenters. The summed E-state index contributed by atoms with van der Waals surface area (Å²) >= 11 is 0. The molecule has 2 aliphatic rings. The van der Waals surface area contributed by atoms with E-state index in [0.717, 1.165) is 66.5 Å². The van der Waals surface area contributed by atoms with E-state index in [4.69, 9.17) is 14.5 Å². The van der Waals surface area contributed by atoms with Gasteiger partial charge in [-0.15, -0.1) is 0 Å². The van der Waals surface area contributed by atoms with Crippen LogP contribution in [0.4, 0.5) is 22.9 Å². The third-order valence-corrected chi connectivity index (χ3v) is 6.57. The number of aromatic nitrogens is 4. The largest absolute Gasteiger partial charge is 0.495 e. The minimum Gasteiger partial charge on any atom is -0.495 e. The average molecular weight is 487 g/mol. The van der Waals surface area contributed by atoms with Crippen molar-refractivity contribution in [2.45, 2.75) is 18.9 Å². The Kier molecular flexibility index (Phi) is 5.72. The van der Waals surface area contributed by atoms with Gasteiger partial charge in [0, 0.05) is 61.7 Å². The molecule has 0 atom stereocenters. The molecule has 3 aromatic heterocycles. The van der Waals surface area contributed by atoms with E-state index in [1.54, 1.807) is 19.5 Å². The standard InChI is InChI=1S/C25H26N8O3/c1-35-22-13-18(2-3-21(22)32-8-4-17(31-34)5-9-32)29-23-24-27-6-10-33(24)15-20(30-23)16-12-19-25(28-14-16)36-11-7-26-19/h2-3,6,10,12-15,17,26H,4-5,7-9,11H2,1H3,(H,29,30). The summed E-state index contributed by atoms with van der Waals surface area (Å²) in [6.45, 7) is 2.88. The molecule has 0 amide bonds. The molecule has 184 valence electrons. The molecule has 1 aromatic carbocycles. The van der Waals surface area contributed by atoms with E-state index >= 15 is 0 Å². The van der Waals surface area contributed by atoms with Crippen LogP contribution in [0.2, 0.25) is 0 Å². The van der Waals surface area contributed by atoms with Crippen LogP contribution in [0.3, 0.4) is 0 Å². The lowest BCUT2D eigenvalue weighted by Crippen LogP contribution is -2.35. The molecule has 6 rings (SSSR count). The van der Waals surface area contributed by atoms with E-state index in [1.165, 1.54) is 0 Å². The maximum Gasteiger partial charge on any atom is 0.237 e. The number of nitrogens with one attached hydrogen (secondary N) is 2. The van der Waals surface area contributed by atoms with Crippen LogP contribution in [0.25, 0.3) is 16.9 Å². The van der Waals surface area contributed by atoms with Crippen molar-refractivity contribution in [1.82, 2.24) is 19.4 Å². The molecule has 36 heavy (non-hydrogen) atoms. The lowest BCUT2D eigenvalue weighted by atomic mass is 10.0. The third-order valence-electron chi connectivity index (χ3n) is 6.57. The summed E-state index contributed by atoms with van der Waals surface area (Å²) in [5, 5.41) is 9.94. The number of nitroso groups, excluding NO2 is 1. The van der Waals surface area contributed by atoms with Crippen LogP contribution in [0, 0.1) is 4.91 Å². The number of hydrogen-bond acceptors (Lipinski definition) is 10. The van der Waals surface area contributed by atoms with Crippen LogP contribution < -0.4 is 25.0 Å². The summed E-state index contributed by atoms with van der Waals surface area (Å²) in [5.41, 5.74) is 5.00. The lowest BCUT2D eigenvalue weighted by Gasteiger charge is -2.32. The minimum absolute atomic E-state index is 0.0999. The second-order valence-corrected chi connectivity index (χ2v) is 8.82. The van der Waals surface area contributed by atoms with Crippen LogP contribution in [-0.4, -0.2) is 58.7 Å². The summed E-state index contributed by atoms with van der Waals surface area (Å²) < 4.78 is 13.3. The number of pyridine rings is 1. The van der Waals surface area contributed by atoms with Gasteiger partial charge >= 0.3 is 0 Å². The fraction of sp³-hybridized carbons (Fsp3) is 0.320. The molecule has 11 nitrogen and oxygen atoms in total. The van der Waals surface area contributed by atoms with Gasteiger partial charge in [-0.2, -0.15) is 4.91 Å². The van der Waals surface area contributed by atoms with Gasteiger partial charge in [0.1, 0.15) is 12.4 Å². The first-order valence-electron chi connectivity index (χ1n) is 11.9. The van der Waals surface area contributed by atoms with Crippen molar-refractivity contribution in [3.05, 3.63) is 54.0 Å². The molecule has 0 spiro atoms. The van der Waals surface area contributed by atoms with Crippen LogP contribution in [0.1, 0.15) is 12.8 Å². The zero-order valence-corrected chi connectivity index (χ0v) is 19.8. The number of imidazole rings is 1. The van der Waals surface area contributed by atoms with Crippen molar-refractivity contribution >= 4 is 28.5 Å². The molecule has 1 saturated heterocycles. The first-order chi connectivity index (χ1) is 17.7. The van der Waals surface area contributed by atoms with Gasteiger partial charge in [0.15, 0.2) is 11.5 Å². The van der Waals surface area contributed by atoms with Crippen molar-refractivity contribution in [3.63, 3.8) is 0 Å². The van der Waals surface area contributed by atoms with E-state index in [2.05, 4.69) is 30.7 Å². The fourth-order valence-electron chi connectivity index (χ4n) is 4.69. The van der Waals surface area contributed by atoms with Gasteiger partial charge in [0.2, 0.25) is 5.88 Å². The Balaban J connectivity index is 1.31. The molecule has 2 N–H and O–H groups in total. The summed E-state index contributed by atoms with van der Waals surface area (Å²) in [5.74, 6) is 1.97. The Hall–Kier alpha value is -4.41. The molecular weight excluding hydrogens is 460 g/mol. The second kappa shape index (κ2) is 9.33. The predicted molar refractivity (Wildman–Crippen MR) is 138 cm³/mol. The SMILES string of the molecule is COc1cc(Nc2nc(-c3cnc4c(c3)NCCO4)cn3ccnc23)ccc1N1CCC(N=O)CC1. The first kappa shape index (κ1) is 22.1. The Morgan fingerprint density at radius 1 is 1.22 bits per heavy atom. The number of hydrogen-bond donors (Lipinski definition) is 2. The smallest absolute Gasteiger partial charge is 0.237 e. The van der Waals surface area contributed by atoms with Crippen molar-refractivity contribution in [2.24, 2.45) is 5.18 Å². The van der Waals surface area contributed by atoms with E-state index in [9.17, 15) is 4.91 Å². The van der Waals surface area contributed by atoms with E-state index in [0.29, 0.717) is 24.0 Å². The molecule has 1 fully saturated rings. The molecule has 2 aliphatic heterocycles. The van der Waals surface area contributed by atoms with E-state index in [-0.39, 0.29) is 6.04 Å². The molecule has 0 aliphatic carbocycles. The molecule has 5 heterocycles. The molecule has 0 radical (unpaired) electrons. The van der Waals surface area contributed by atoms with Crippen LogP contribution in [0.15, 0.2) is 54.2 Å². The summed E-state index contributed by atoms with van der Waals surface area (Å²) in [6, 6.07) is 7.88. The Morgan fingerprint density at radius 3 is 2.94 bits per heavy atom. The Labute approximate surface area is 207 Å². The summed E-state index contributed by atoms with van der Waals surface area (Å²) in [7, 11) is 1.66. The number of methoxy groups -OCH3 is 1. The fourth-order valence-corrected chi connectivity index (χ4v) is 4.69. The number of anilines is 4. The number of benzene rings is 1. The normalized spacial score (nSPS) is 15.6. The number of ether oxygens (including phenoxy) is 2. The quantitative estimate of drug-likeness (QED) is 0.389. The molecule has 0 saturated carbocycles. The Bertz CT molecular complexity index is 1410. The molecule has 0 bridgehead atoms. The number of piperidine rings is 1. The number of fused-ring (bicyclic) bond motifs is 2. The number of rotatable bonds is 6. The highest BCUT2D eigenvalue weighted by Gasteiger charge is 2.22. The topological polar surface area (TPSA) is 118 Å². The third kappa shape index (κ3) is 4.12. The molecular formula is C25H26N8O3. The van der Waals surface area contributed by atoms with Gasteiger partial charge in [-0.3, -0.25) is 0 Å². The minimum atomic E-state index is -0.0999. The van der Waals surface area contributed by atoms with E-state index < -0.39 is 0 Å². The lowest BCUT2D eigenvalue weighted by molar-refractivity contribution is 0.310. The zero-order chi connectivity index (χ0) is 24.5. The van der Waals surface area contributed by atoms with Crippen LogP contribution >= 0.6 is 0 Å². The summed E-state index contributed by atoms with van der Waals surface area (Å²) in [4.78, 5) is 26.9. The average Bonchev–Trinajstić information content (AvgIpc) is 3.42. The van der Waals surface area contributed by atoms with Gasteiger partial charge in [0.25, 0.3) is 0 Å². The maximum absolute atomic E-state index is 10.9. The van der Waals surface area contributed by atoms with E-state index in [1.807, 2.05) is 41.1 Å². The van der Waals surface area contributed by atoms with Gasteiger partial charge in [-0.05, 0) is 31.0 Å². The zero-order valence-electron chi connectivity index (χ0n) is 19.8. The van der Waals surface area contributed by atoms with Crippen LogP contribution in [-0.2, 0) is 0 Å². The highest BCUT2D eigenvalue weighted by molar-refractivity contribution is 5.77. The van der Waals surface area contributed by atoms with Crippen molar-refractivity contribution in [3.8, 4) is 22.9 Å². The monoisotopic (exact) mass is 486 g/mol. The highest BCUT2D eigenvalue weighted by Crippen LogP contribution is 2.35. The van der Waals surface area contributed by atoms with Crippen LogP contribution in [0.5, 0.6) is 11.6 Å². The highest BCUT2D eigenvalue weighted by atomic mass is 16.5. The van der Waals surface area contributed by atoms with Gasteiger partial charge in [-0.25, -0.2) is 15.0 Å². The first-order valence-corrected chi connectivity index (χ1v) is 11.9. The van der Waals surface area contributed by atoms with Gasteiger partial charge in [0.05, 0.1) is 30.2 Å². The van der Waals surface area contributed by atoms with Crippen molar-refractivity contribution < 1.29 is 9.47 Å². The number of nitrogens with zero attached hydrogens (tertiary/aromatic N) is 6.